The van der Waals surface area contributed by atoms with Crippen LogP contribution >= 0.6 is 11.6 Å². The van der Waals surface area contributed by atoms with Crippen LogP contribution in [-0.4, -0.2) is 41.9 Å². The Morgan fingerprint density at radius 3 is 2.48 bits per heavy atom. The van der Waals surface area contributed by atoms with Crippen LogP contribution in [0.3, 0.4) is 0 Å². The molecule has 1 saturated heterocycles. The minimum Gasteiger partial charge on any atom is -0.338 e. The summed E-state index contributed by atoms with van der Waals surface area (Å²) >= 11 is 6.13. The summed E-state index contributed by atoms with van der Waals surface area (Å²) in [5.74, 6) is -0.732. The van der Waals surface area contributed by atoms with E-state index >= 15 is 0 Å². The molecule has 1 amide bonds. The van der Waals surface area contributed by atoms with Crippen molar-refractivity contribution >= 4 is 33.2 Å². The number of nitrogens with one attached hydrogen (secondary N) is 1. The normalized spacial score (nSPS) is 15.1. The maximum atomic E-state index is 13.1. The number of hydrogen-bond acceptors (Lipinski definition) is 4. The summed E-state index contributed by atoms with van der Waals surface area (Å²) in [5.41, 5.74) is 0.431. The predicted octanol–water partition coefficient (Wildman–Crippen LogP) is 3.95. The molecule has 0 saturated carbocycles. The molecule has 0 unspecified atom stereocenters. The average Bonchev–Trinajstić information content (AvgIpc) is 3.30. The number of piperidine rings is 1. The van der Waals surface area contributed by atoms with E-state index in [1.54, 1.807) is 17.4 Å². The number of sulfonamides is 1. The smallest absolute Gasteiger partial charge is 0.263 e. The van der Waals surface area contributed by atoms with Crippen molar-refractivity contribution in [1.82, 2.24) is 14.5 Å². The average molecular weight is 463 g/mol. The van der Waals surface area contributed by atoms with Crippen molar-refractivity contribution in [3.05, 3.63) is 77.6 Å². The van der Waals surface area contributed by atoms with Crippen molar-refractivity contribution in [3.63, 3.8) is 0 Å². The van der Waals surface area contributed by atoms with E-state index in [0.717, 1.165) is 25.0 Å². The maximum absolute atomic E-state index is 13.1. The van der Waals surface area contributed by atoms with Crippen LogP contribution in [0.15, 0.2) is 66.1 Å². The van der Waals surface area contributed by atoms with Gasteiger partial charge in [-0.2, -0.15) is 0 Å². The molecule has 4 rings (SSSR count). The number of amides is 1. The van der Waals surface area contributed by atoms with Gasteiger partial charge in [0, 0.05) is 42.8 Å². The molecule has 1 aromatic heterocycles. The van der Waals surface area contributed by atoms with Crippen LogP contribution in [0.4, 0.5) is 10.1 Å². The van der Waals surface area contributed by atoms with E-state index in [1.807, 2.05) is 10.8 Å². The number of halogens is 2. The Hall–Kier alpha value is -2.91. The third kappa shape index (κ3) is 4.72. The Balaban J connectivity index is 1.50. The Bertz CT molecular complexity index is 1180. The fourth-order valence-corrected chi connectivity index (χ4v) is 5.19. The quantitative estimate of drug-likeness (QED) is 0.622. The standard InChI is InChI=1S/C21H20ClFN4O3S/c22-19-6-1-15(13-20(19)31(29,30)25-17-4-2-16(23)3-5-17)21(28)26-10-7-18(8-11-26)27-12-9-24-14-27/h1-6,9,12-14,18,25H,7-8,10-11H2. The molecule has 0 bridgehead atoms. The molecule has 0 aliphatic carbocycles. The van der Waals surface area contributed by atoms with E-state index < -0.39 is 15.8 Å². The van der Waals surface area contributed by atoms with Gasteiger partial charge in [-0.25, -0.2) is 17.8 Å². The van der Waals surface area contributed by atoms with Gasteiger partial charge in [-0.05, 0) is 55.3 Å². The largest absolute Gasteiger partial charge is 0.338 e. The van der Waals surface area contributed by atoms with Gasteiger partial charge in [-0.15, -0.1) is 0 Å². The number of benzene rings is 2. The summed E-state index contributed by atoms with van der Waals surface area (Å²) in [4.78, 5) is 18.5. The van der Waals surface area contributed by atoms with Gasteiger partial charge < -0.3 is 9.47 Å². The molecule has 10 heteroatoms. The minimum atomic E-state index is -4.07. The maximum Gasteiger partial charge on any atom is 0.263 e. The second-order valence-electron chi connectivity index (χ2n) is 7.29. The molecule has 7 nitrogen and oxygen atoms in total. The summed E-state index contributed by atoms with van der Waals surface area (Å²) in [7, 11) is -4.07. The Kier molecular flexibility index (Phi) is 5.97. The first-order valence-corrected chi connectivity index (χ1v) is 11.5. The zero-order valence-corrected chi connectivity index (χ0v) is 18.0. The number of nitrogens with zero attached hydrogens (tertiary/aromatic N) is 3. The van der Waals surface area contributed by atoms with E-state index in [0.29, 0.717) is 13.1 Å². The molecule has 3 aromatic rings. The lowest BCUT2D eigenvalue weighted by Crippen LogP contribution is -2.39. The van der Waals surface area contributed by atoms with Crippen molar-refractivity contribution in [1.29, 1.82) is 0 Å². The van der Waals surface area contributed by atoms with Gasteiger partial charge in [0.1, 0.15) is 10.7 Å². The van der Waals surface area contributed by atoms with Gasteiger partial charge in [0.2, 0.25) is 0 Å². The van der Waals surface area contributed by atoms with Crippen LogP contribution in [0, 0.1) is 5.82 Å². The molecule has 162 valence electrons. The van der Waals surface area contributed by atoms with Crippen LogP contribution < -0.4 is 4.72 Å². The molecule has 2 aromatic carbocycles. The SMILES string of the molecule is O=C(c1ccc(Cl)c(S(=O)(=O)Nc2ccc(F)cc2)c1)N1CCC(n2ccnc2)CC1. The second-order valence-corrected chi connectivity index (χ2v) is 9.35. The third-order valence-corrected chi connectivity index (χ3v) is 7.13. The number of anilines is 1. The van der Waals surface area contributed by atoms with Gasteiger partial charge in [0.25, 0.3) is 15.9 Å². The number of imidazole rings is 1. The van der Waals surface area contributed by atoms with Crippen LogP contribution in [0.5, 0.6) is 0 Å². The van der Waals surface area contributed by atoms with E-state index in [2.05, 4.69) is 9.71 Å². The molecular weight excluding hydrogens is 443 g/mol. The highest BCUT2D eigenvalue weighted by Gasteiger charge is 2.26. The Morgan fingerprint density at radius 2 is 1.84 bits per heavy atom. The summed E-state index contributed by atoms with van der Waals surface area (Å²) in [6.45, 7) is 1.11. The first kappa shape index (κ1) is 21.3. The lowest BCUT2D eigenvalue weighted by atomic mass is 10.0. The molecule has 0 spiro atoms. The molecule has 0 radical (unpaired) electrons. The number of carbonyl (C=O) groups is 1. The summed E-state index contributed by atoms with van der Waals surface area (Å²) < 4.78 is 43.1. The molecule has 1 fully saturated rings. The molecular formula is C21H20ClFN4O3S. The first-order valence-electron chi connectivity index (χ1n) is 9.68. The number of carbonyl (C=O) groups excluding carboxylic acids is 1. The second kappa shape index (κ2) is 8.68. The van der Waals surface area contributed by atoms with Crippen LogP contribution in [-0.2, 0) is 10.0 Å². The summed E-state index contributed by atoms with van der Waals surface area (Å²) in [6, 6.07) is 9.38. The van der Waals surface area contributed by atoms with Crippen molar-refractivity contribution in [3.8, 4) is 0 Å². The van der Waals surface area contributed by atoms with Crippen molar-refractivity contribution in [2.45, 2.75) is 23.8 Å². The highest BCUT2D eigenvalue weighted by atomic mass is 35.5. The Labute approximate surface area is 184 Å². The zero-order chi connectivity index (χ0) is 22.0. The molecule has 1 aliphatic heterocycles. The van der Waals surface area contributed by atoms with Crippen molar-refractivity contribution in [2.24, 2.45) is 0 Å². The predicted molar refractivity (Wildman–Crippen MR) is 115 cm³/mol. The number of hydrogen-bond donors (Lipinski definition) is 1. The van der Waals surface area contributed by atoms with Gasteiger partial charge in [-0.1, -0.05) is 11.6 Å². The summed E-state index contributed by atoms with van der Waals surface area (Å²) in [5, 5.41) is -0.00928. The van der Waals surface area contributed by atoms with Crippen LogP contribution in [0.25, 0.3) is 0 Å². The van der Waals surface area contributed by atoms with Gasteiger partial charge in [-0.3, -0.25) is 9.52 Å². The van der Waals surface area contributed by atoms with Crippen LogP contribution in [0.2, 0.25) is 5.02 Å². The molecule has 1 N–H and O–H groups in total. The highest BCUT2D eigenvalue weighted by molar-refractivity contribution is 7.92. The topological polar surface area (TPSA) is 84.3 Å². The van der Waals surface area contributed by atoms with E-state index in [1.165, 1.54) is 30.3 Å². The number of likely N-dealkylation sites (tertiary alicyclic amines) is 1. The van der Waals surface area contributed by atoms with Crippen LogP contribution in [0.1, 0.15) is 29.2 Å². The number of rotatable bonds is 5. The van der Waals surface area contributed by atoms with Crippen molar-refractivity contribution < 1.29 is 17.6 Å². The van der Waals surface area contributed by atoms with E-state index in [-0.39, 0.29) is 33.1 Å². The highest BCUT2D eigenvalue weighted by Crippen LogP contribution is 2.27. The fourth-order valence-electron chi connectivity index (χ4n) is 3.61. The lowest BCUT2D eigenvalue weighted by Gasteiger charge is -2.32. The monoisotopic (exact) mass is 462 g/mol. The third-order valence-electron chi connectivity index (χ3n) is 5.26. The van der Waals surface area contributed by atoms with Gasteiger partial charge in [0.15, 0.2) is 0 Å². The zero-order valence-electron chi connectivity index (χ0n) is 16.4. The fraction of sp³-hybridized carbons (Fsp3) is 0.238. The molecule has 2 heterocycles. The molecule has 1 aliphatic rings. The number of aromatic nitrogens is 2. The van der Waals surface area contributed by atoms with E-state index in [4.69, 9.17) is 11.6 Å². The van der Waals surface area contributed by atoms with E-state index in [9.17, 15) is 17.6 Å². The molecule has 0 atom stereocenters. The Morgan fingerprint density at radius 1 is 1.13 bits per heavy atom. The minimum absolute atomic E-state index is 0.00928. The summed E-state index contributed by atoms with van der Waals surface area (Å²) in [6.07, 6.45) is 6.98. The van der Waals surface area contributed by atoms with Gasteiger partial charge in [0.05, 0.1) is 11.3 Å². The molecule has 31 heavy (non-hydrogen) atoms. The first-order chi connectivity index (χ1) is 14.8. The lowest BCUT2D eigenvalue weighted by molar-refractivity contribution is 0.0694. The van der Waals surface area contributed by atoms with Crippen molar-refractivity contribution in [2.75, 3.05) is 17.8 Å². The van der Waals surface area contributed by atoms with Gasteiger partial charge >= 0.3 is 0 Å².